The molecule has 3 rings (SSSR count). The Hall–Kier alpha value is -0.860. The van der Waals surface area contributed by atoms with Crippen LogP contribution in [0.3, 0.4) is 0 Å². The molecule has 2 heterocycles. The van der Waals surface area contributed by atoms with Crippen molar-refractivity contribution in [3.05, 3.63) is 35.9 Å². The van der Waals surface area contributed by atoms with E-state index in [9.17, 15) is 0 Å². The van der Waals surface area contributed by atoms with Crippen molar-refractivity contribution in [3.63, 3.8) is 0 Å². The van der Waals surface area contributed by atoms with Crippen molar-refractivity contribution >= 4 is 29.9 Å². The number of hydrogen-bond acceptors (Lipinski definition) is 3. The van der Waals surface area contributed by atoms with Gasteiger partial charge in [-0.1, -0.05) is 37.3 Å². The minimum atomic E-state index is 0. The molecule has 164 valence electrons. The van der Waals surface area contributed by atoms with E-state index in [1.807, 2.05) is 7.05 Å². The summed E-state index contributed by atoms with van der Waals surface area (Å²) in [5, 5.41) is 7.22. The molecule has 5 nitrogen and oxygen atoms in total. The zero-order chi connectivity index (χ0) is 19.6. The molecule has 0 bridgehead atoms. The van der Waals surface area contributed by atoms with Crippen LogP contribution in [0.15, 0.2) is 35.3 Å². The van der Waals surface area contributed by atoms with Gasteiger partial charge in [0.2, 0.25) is 0 Å². The van der Waals surface area contributed by atoms with Gasteiger partial charge in [-0.3, -0.25) is 9.89 Å². The van der Waals surface area contributed by atoms with Crippen molar-refractivity contribution in [2.24, 2.45) is 10.9 Å². The van der Waals surface area contributed by atoms with Gasteiger partial charge in [-0.15, -0.1) is 24.0 Å². The number of aliphatic imine (C=N–C) groups is 1. The van der Waals surface area contributed by atoms with Gasteiger partial charge in [-0.2, -0.15) is 0 Å². The van der Waals surface area contributed by atoms with Crippen LogP contribution in [0.5, 0.6) is 0 Å². The summed E-state index contributed by atoms with van der Waals surface area (Å²) < 4.78 is 0. The molecule has 0 aliphatic carbocycles. The molecule has 2 aliphatic heterocycles. The van der Waals surface area contributed by atoms with Crippen LogP contribution in [0.25, 0.3) is 0 Å². The molecule has 2 saturated heterocycles. The Kier molecular flexibility index (Phi) is 11.3. The Bertz CT molecular complexity index is 586. The predicted octanol–water partition coefficient (Wildman–Crippen LogP) is 3.56. The Labute approximate surface area is 194 Å². The highest BCUT2D eigenvalue weighted by Gasteiger charge is 2.21. The molecule has 1 aromatic rings. The number of nitrogens with zero attached hydrogens (tertiary/aromatic N) is 3. The second-order valence-electron chi connectivity index (χ2n) is 8.37. The van der Waals surface area contributed by atoms with Gasteiger partial charge in [0.05, 0.1) is 0 Å². The largest absolute Gasteiger partial charge is 0.356 e. The lowest BCUT2D eigenvalue weighted by molar-refractivity contribution is 0.186. The molecule has 1 aromatic carbocycles. The Morgan fingerprint density at radius 2 is 1.83 bits per heavy atom. The van der Waals surface area contributed by atoms with E-state index in [1.54, 1.807) is 0 Å². The number of likely N-dealkylation sites (tertiary alicyclic amines) is 2. The summed E-state index contributed by atoms with van der Waals surface area (Å²) in [6, 6.07) is 11.3. The standard InChI is InChI=1S/C23H39N5.HI/c1-3-27-16-12-20(13-17-27)11-14-25-23(24-2)26-22-10-7-15-28(19-22)18-21-8-5-4-6-9-21;/h4-6,8-9,20,22H,3,7,10-19H2,1-2H3,(H2,24,25,26);1H. The first kappa shape index (κ1) is 24.4. The molecule has 2 aliphatic rings. The van der Waals surface area contributed by atoms with E-state index >= 15 is 0 Å². The Balaban J connectivity index is 0.00000300. The topological polar surface area (TPSA) is 42.9 Å². The Morgan fingerprint density at radius 3 is 2.52 bits per heavy atom. The predicted molar refractivity (Wildman–Crippen MR) is 134 cm³/mol. The number of guanidine groups is 1. The van der Waals surface area contributed by atoms with E-state index in [4.69, 9.17) is 0 Å². The lowest BCUT2D eigenvalue weighted by Crippen LogP contribution is -2.51. The summed E-state index contributed by atoms with van der Waals surface area (Å²) in [6.07, 6.45) is 6.42. The van der Waals surface area contributed by atoms with Gasteiger partial charge < -0.3 is 15.5 Å². The first-order chi connectivity index (χ1) is 13.8. The Morgan fingerprint density at radius 1 is 1.07 bits per heavy atom. The monoisotopic (exact) mass is 513 g/mol. The van der Waals surface area contributed by atoms with Gasteiger partial charge in [0, 0.05) is 32.7 Å². The minimum Gasteiger partial charge on any atom is -0.356 e. The van der Waals surface area contributed by atoms with Crippen LogP contribution < -0.4 is 10.6 Å². The molecule has 2 N–H and O–H groups in total. The summed E-state index contributed by atoms with van der Waals surface area (Å²) in [5.41, 5.74) is 1.40. The van der Waals surface area contributed by atoms with Crippen molar-refractivity contribution in [3.8, 4) is 0 Å². The lowest BCUT2D eigenvalue weighted by atomic mass is 9.93. The summed E-state index contributed by atoms with van der Waals surface area (Å²) in [4.78, 5) is 9.59. The molecule has 2 fully saturated rings. The number of rotatable bonds is 7. The maximum Gasteiger partial charge on any atom is 0.191 e. The summed E-state index contributed by atoms with van der Waals surface area (Å²) in [6.45, 7) is 10.4. The zero-order valence-corrected chi connectivity index (χ0v) is 20.6. The number of hydrogen-bond donors (Lipinski definition) is 2. The number of nitrogens with one attached hydrogen (secondary N) is 2. The van der Waals surface area contributed by atoms with Crippen LogP contribution in [-0.2, 0) is 6.54 Å². The molecule has 29 heavy (non-hydrogen) atoms. The lowest BCUT2D eigenvalue weighted by Gasteiger charge is -2.34. The second kappa shape index (κ2) is 13.4. The molecule has 1 atom stereocenters. The third-order valence-corrected chi connectivity index (χ3v) is 6.32. The maximum atomic E-state index is 4.47. The number of benzene rings is 1. The van der Waals surface area contributed by atoms with E-state index in [2.05, 4.69) is 62.7 Å². The van der Waals surface area contributed by atoms with Crippen molar-refractivity contribution in [1.82, 2.24) is 20.4 Å². The highest BCUT2D eigenvalue weighted by Crippen LogP contribution is 2.19. The van der Waals surface area contributed by atoms with E-state index in [-0.39, 0.29) is 24.0 Å². The fraction of sp³-hybridized carbons (Fsp3) is 0.696. The molecule has 0 radical (unpaired) electrons. The van der Waals surface area contributed by atoms with Gasteiger partial charge >= 0.3 is 0 Å². The van der Waals surface area contributed by atoms with E-state index in [1.165, 1.54) is 63.8 Å². The summed E-state index contributed by atoms with van der Waals surface area (Å²) >= 11 is 0. The van der Waals surface area contributed by atoms with E-state index in [0.717, 1.165) is 31.5 Å². The first-order valence-electron chi connectivity index (χ1n) is 11.2. The molecule has 0 aromatic heterocycles. The summed E-state index contributed by atoms with van der Waals surface area (Å²) in [5.74, 6) is 1.84. The smallest absolute Gasteiger partial charge is 0.191 e. The van der Waals surface area contributed by atoms with Gasteiger partial charge in [-0.25, -0.2) is 0 Å². The molecule has 0 saturated carbocycles. The van der Waals surface area contributed by atoms with Crippen LogP contribution in [0.1, 0.15) is 44.6 Å². The van der Waals surface area contributed by atoms with Crippen LogP contribution in [0.4, 0.5) is 0 Å². The fourth-order valence-electron chi connectivity index (χ4n) is 4.53. The number of halogens is 1. The van der Waals surface area contributed by atoms with Gasteiger partial charge in [0.25, 0.3) is 0 Å². The molecular weight excluding hydrogens is 473 g/mol. The van der Waals surface area contributed by atoms with Crippen molar-refractivity contribution in [2.75, 3.05) is 46.3 Å². The average molecular weight is 514 g/mol. The average Bonchev–Trinajstić information content (AvgIpc) is 2.74. The molecular formula is C23H40IN5. The third-order valence-electron chi connectivity index (χ3n) is 6.32. The van der Waals surface area contributed by atoms with Crippen molar-refractivity contribution in [1.29, 1.82) is 0 Å². The number of piperidine rings is 2. The maximum absolute atomic E-state index is 4.47. The highest BCUT2D eigenvalue weighted by atomic mass is 127. The first-order valence-corrected chi connectivity index (χ1v) is 11.2. The van der Waals surface area contributed by atoms with Gasteiger partial charge in [0.15, 0.2) is 5.96 Å². The minimum absolute atomic E-state index is 0. The van der Waals surface area contributed by atoms with Crippen molar-refractivity contribution in [2.45, 2.75) is 51.6 Å². The van der Waals surface area contributed by atoms with E-state index in [0.29, 0.717) is 6.04 Å². The van der Waals surface area contributed by atoms with E-state index < -0.39 is 0 Å². The van der Waals surface area contributed by atoms with Gasteiger partial charge in [0.1, 0.15) is 0 Å². The summed E-state index contributed by atoms with van der Waals surface area (Å²) in [7, 11) is 1.89. The molecule has 0 spiro atoms. The SMILES string of the molecule is CCN1CCC(CCNC(=NC)NC2CCCN(Cc3ccccc3)C2)CC1.I. The quantitative estimate of drug-likeness (QED) is 0.333. The van der Waals surface area contributed by atoms with Crippen LogP contribution in [0.2, 0.25) is 0 Å². The van der Waals surface area contributed by atoms with Crippen molar-refractivity contribution < 1.29 is 0 Å². The molecule has 6 heteroatoms. The molecule has 0 amide bonds. The normalized spacial score (nSPS) is 22.1. The molecule has 1 unspecified atom stereocenters. The van der Waals surface area contributed by atoms with Crippen LogP contribution in [-0.4, -0.2) is 68.1 Å². The third kappa shape index (κ3) is 8.42. The van der Waals surface area contributed by atoms with Crippen LogP contribution in [0, 0.1) is 5.92 Å². The zero-order valence-electron chi connectivity index (χ0n) is 18.3. The second-order valence-corrected chi connectivity index (χ2v) is 8.37. The highest BCUT2D eigenvalue weighted by molar-refractivity contribution is 14.0. The van der Waals surface area contributed by atoms with Gasteiger partial charge in [-0.05, 0) is 69.8 Å². The van der Waals surface area contributed by atoms with Crippen LogP contribution >= 0.6 is 24.0 Å². The fourth-order valence-corrected chi connectivity index (χ4v) is 4.53.